The van der Waals surface area contributed by atoms with Gasteiger partial charge in [0.15, 0.2) is 0 Å². The number of methoxy groups -OCH3 is 1. The molecule has 1 aliphatic rings. The fourth-order valence-electron chi connectivity index (χ4n) is 3.56. The summed E-state index contributed by atoms with van der Waals surface area (Å²) in [4.78, 5) is 26.8. The molecule has 5 heteroatoms. The van der Waals surface area contributed by atoms with Crippen LogP contribution in [-0.2, 0) is 22.6 Å². The van der Waals surface area contributed by atoms with Gasteiger partial charge in [-0.2, -0.15) is 0 Å². The second-order valence-electron chi connectivity index (χ2n) is 7.21. The molecule has 148 valence electrons. The van der Waals surface area contributed by atoms with Crippen LogP contribution in [0.1, 0.15) is 30.4 Å². The first kappa shape index (κ1) is 19.9. The molecule has 0 unspecified atom stereocenters. The van der Waals surface area contributed by atoms with Gasteiger partial charge in [0.25, 0.3) is 0 Å². The van der Waals surface area contributed by atoms with E-state index in [-0.39, 0.29) is 17.7 Å². The van der Waals surface area contributed by atoms with Gasteiger partial charge in [0.2, 0.25) is 11.8 Å². The van der Waals surface area contributed by atoms with Gasteiger partial charge in [-0.05, 0) is 42.5 Å². The number of likely N-dealkylation sites (tertiary alicyclic amines) is 1. The van der Waals surface area contributed by atoms with Crippen LogP contribution < -0.4 is 10.1 Å². The van der Waals surface area contributed by atoms with Crippen LogP contribution in [0, 0.1) is 5.92 Å². The zero-order valence-corrected chi connectivity index (χ0v) is 16.4. The Morgan fingerprint density at radius 3 is 2.46 bits per heavy atom. The molecule has 2 aromatic rings. The lowest BCUT2D eigenvalue weighted by atomic mass is 9.95. The van der Waals surface area contributed by atoms with Crippen LogP contribution in [0.5, 0.6) is 5.75 Å². The van der Waals surface area contributed by atoms with Crippen molar-refractivity contribution in [2.45, 2.75) is 32.2 Å². The number of carbonyl (C=O) groups excluding carboxylic acids is 2. The topological polar surface area (TPSA) is 58.6 Å². The molecular formula is C23H28N2O3. The molecule has 3 rings (SSSR count). The van der Waals surface area contributed by atoms with Gasteiger partial charge >= 0.3 is 0 Å². The van der Waals surface area contributed by atoms with E-state index in [9.17, 15) is 9.59 Å². The third-order valence-electron chi connectivity index (χ3n) is 5.29. The summed E-state index contributed by atoms with van der Waals surface area (Å²) in [7, 11) is 1.64. The zero-order valence-electron chi connectivity index (χ0n) is 16.4. The number of carbonyl (C=O) groups is 2. The van der Waals surface area contributed by atoms with E-state index in [0.29, 0.717) is 32.5 Å². The lowest BCUT2D eigenvalue weighted by molar-refractivity contribution is -0.135. The van der Waals surface area contributed by atoms with Gasteiger partial charge in [-0.15, -0.1) is 0 Å². The maximum absolute atomic E-state index is 12.5. The van der Waals surface area contributed by atoms with E-state index in [4.69, 9.17) is 4.74 Å². The quantitative estimate of drug-likeness (QED) is 0.803. The van der Waals surface area contributed by atoms with Crippen LogP contribution in [0.15, 0.2) is 54.6 Å². The highest BCUT2D eigenvalue weighted by Crippen LogP contribution is 2.19. The monoisotopic (exact) mass is 380 g/mol. The highest BCUT2D eigenvalue weighted by Gasteiger charge is 2.26. The molecule has 0 atom stereocenters. The van der Waals surface area contributed by atoms with Crippen molar-refractivity contribution >= 4 is 11.8 Å². The SMILES string of the molecule is COc1cccc(CCC(=O)N2CCC(C(=O)NCc3ccccc3)CC2)c1. The number of nitrogens with one attached hydrogen (secondary N) is 1. The van der Waals surface area contributed by atoms with Crippen LogP contribution in [0.4, 0.5) is 0 Å². The van der Waals surface area contributed by atoms with Crippen molar-refractivity contribution in [3.05, 3.63) is 65.7 Å². The Hall–Kier alpha value is -2.82. The smallest absolute Gasteiger partial charge is 0.223 e. The molecule has 1 N–H and O–H groups in total. The molecule has 5 nitrogen and oxygen atoms in total. The van der Waals surface area contributed by atoms with Crippen LogP contribution >= 0.6 is 0 Å². The predicted octanol–water partition coefficient (Wildman–Crippen LogP) is 3.18. The number of amides is 2. The first-order valence-electron chi connectivity index (χ1n) is 9.88. The molecule has 0 spiro atoms. The zero-order chi connectivity index (χ0) is 19.8. The molecule has 28 heavy (non-hydrogen) atoms. The summed E-state index contributed by atoms with van der Waals surface area (Å²) in [6.07, 6.45) is 2.64. The van der Waals surface area contributed by atoms with Crippen molar-refractivity contribution in [1.29, 1.82) is 0 Å². The molecule has 1 aliphatic heterocycles. The molecule has 0 radical (unpaired) electrons. The van der Waals surface area contributed by atoms with Crippen LogP contribution in [0.3, 0.4) is 0 Å². The number of benzene rings is 2. The number of nitrogens with zero attached hydrogens (tertiary/aromatic N) is 1. The lowest BCUT2D eigenvalue weighted by Gasteiger charge is -2.31. The van der Waals surface area contributed by atoms with E-state index in [2.05, 4.69) is 5.32 Å². The summed E-state index contributed by atoms with van der Waals surface area (Å²) in [6, 6.07) is 17.7. The molecule has 0 aromatic heterocycles. The maximum atomic E-state index is 12.5. The molecule has 0 saturated carbocycles. The Kier molecular flexibility index (Phi) is 7.06. The fraction of sp³-hybridized carbons (Fsp3) is 0.391. The summed E-state index contributed by atoms with van der Waals surface area (Å²) in [6.45, 7) is 1.86. The van der Waals surface area contributed by atoms with Gasteiger partial charge in [0.05, 0.1) is 7.11 Å². The van der Waals surface area contributed by atoms with Crippen molar-refractivity contribution in [3.8, 4) is 5.75 Å². The van der Waals surface area contributed by atoms with Gasteiger partial charge < -0.3 is 15.0 Å². The molecular weight excluding hydrogens is 352 g/mol. The maximum Gasteiger partial charge on any atom is 0.223 e. The van der Waals surface area contributed by atoms with Crippen molar-refractivity contribution in [2.75, 3.05) is 20.2 Å². The minimum atomic E-state index is -0.00820. The van der Waals surface area contributed by atoms with Crippen LogP contribution in [0.25, 0.3) is 0 Å². The van der Waals surface area contributed by atoms with Crippen molar-refractivity contribution < 1.29 is 14.3 Å². The summed E-state index contributed by atoms with van der Waals surface area (Å²) in [5, 5.41) is 3.02. The normalized spacial score (nSPS) is 14.5. The molecule has 0 bridgehead atoms. The fourth-order valence-corrected chi connectivity index (χ4v) is 3.56. The van der Waals surface area contributed by atoms with E-state index in [0.717, 1.165) is 29.7 Å². The molecule has 0 aliphatic carbocycles. The summed E-state index contributed by atoms with van der Waals surface area (Å²) >= 11 is 0. The van der Waals surface area contributed by atoms with Crippen molar-refractivity contribution in [2.24, 2.45) is 5.92 Å². The number of piperidine rings is 1. The summed E-state index contributed by atoms with van der Waals surface area (Å²) in [5.41, 5.74) is 2.20. The van der Waals surface area contributed by atoms with E-state index in [1.54, 1.807) is 7.11 Å². The van der Waals surface area contributed by atoms with E-state index in [1.807, 2.05) is 59.5 Å². The average Bonchev–Trinajstić information content (AvgIpc) is 2.76. The Bertz CT molecular complexity index is 783. The van der Waals surface area contributed by atoms with Gasteiger partial charge in [0, 0.05) is 32.0 Å². The van der Waals surface area contributed by atoms with E-state index in [1.165, 1.54) is 0 Å². The summed E-state index contributed by atoms with van der Waals surface area (Å²) < 4.78 is 5.23. The molecule has 2 amide bonds. The third kappa shape index (κ3) is 5.59. The number of hydrogen-bond acceptors (Lipinski definition) is 3. The highest BCUT2D eigenvalue weighted by atomic mass is 16.5. The summed E-state index contributed by atoms with van der Waals surface area (Å²) in [5.74, 6) is 1.05. The van der Waals surface area contributed by atoms with Gasteiger partial charge in [-0.1, -0.05) is 42.5 Å². The van der Waals surface area contributed by atoms with Gasteiger partial charge in [-0.3, -0.25) is 9.59 Å². The minimum Gasteiger partial charge on any atom is -0.497 e. The molecule has 1 fully saturated rings. The van der Waals surface area contributed by atoms with Crippen LogP contribution in [0.2, 0.25) is 0 Å². The number of aryl methyl sites for hydroxylation is 1. The Labute approximate surface area is 166 Å². The minimum absolute atomic E-state index is 0.00820. The highest BCUT2D eigenvalue weighted by molar-refractivity contribution is 5.80. The van der Waals surface area contributed by atoms with Crippen molar-refractivity contribution in [1.82, 2.24) is 10.2 Å². The largest absolute Gasteiger partial charge is 0.497 e. The predicted molar refractivity (Wildman–Crippen MR) is 109 cm³/mol. The Morgan fingerprint density at radius 1 is 1.04 bits per heavy atom. The number of hydrogen-bond donors (Lipinski definition) is 1. The average molecular weight is 380 g/mol. The molecule has 1 heterocycles. The second kappa shape index (κ2) is 9.93. The molecule has 2 aromatic carbocycles. The Morgan fingerprint density at radius 2 is 1.75 bits per heavy atom. The Balaban J connectivity index is 1.40. The van der Waals surface area contributed by atoms with Gasteiger partial charge in [-0.25, -0.2) is 0 Å². The molecule has 1 saturated heterocycles. The first-order valence-corrected chi connectivity index (χ1v) is 9.88. The third-order valence-corrected chi connectivity index (χ3v) is 5.29. The first-order chi connectivity index (χ1) is 13.7. The second-order valence-corrected chi connectivity index (χ2v) is 7.21. The standard InChI is InChI=1S/C23H28N2O3/c1-28-21-9-5-8-18(16-21)10-11-22(26)25-14-12-20(13-15-25)23(27)24-17-19-6-3-2-4-7-19/h2-9,16,20H,10-15,17H2,1H3,(H,24,27). The van der Waals surface area contributed by atoms with Crippen molar-refractivity contribution in [3.63, 3.8) is 0 Å². The van der Waals surface area contributed by atoms with E-state index >= 15 is 0 Å². The lowest BCUT2D eigenvalue weighted by Crippen LogP contribution is -2.43. The number of ether oxygens (including phenoxy) is 1. The van der Waals surface area contributed by atoms with E-state index < -0.39 is 0 Å². The number of rotatable bonds is 7. The van der Waals surface area contributed by atoms with Gasteiger partial charge in [0.1, 0.15) is 5.75 Å². The van der Waals surface area contributed by atoms with Crippen LogP contribution in [-0.4, -0.2) is 36.9 Å².